The molecule has 0 amide bonds. The second kappa shape index (κ2) is 5.44. The fraction of sp³-hybridized carbons (Fsp3) is 0.647. The molecule has 18 heavy (non-hydrogen) atoms. The molecule has 0 aliphatic carbocycles. The molecule has 1 heteroatoms. The van der Waals surface area contributed by atoms with Crippen LogP contribution in [-0.2, 0) is 11.8 Å². The first-order valence-corrected chi connectivity index (χ1v) is 7.27. The van der Waals surface area contributed by atoms with Gasteiger partial charge in [0, 0.05) is 13.1 Å². The summed E-state index contributed by atoms with van der Waals surface area (Å²) in [6.07, 6.45) is 2.51. The maximum absolute atomic E-state index is 2.56. The molecule has 1 aromatic rings. The van der Waals surface area contributed by atoms with Crippen molar-refractivity contribution >= 4 is 0 Å². The third-order valence-electron chi connectivity index (χ3n) is 3.90. The molecule has 1 aliphatic rings. The van der Waals surface area contributed by atoms with Gasteiger partial charge in [-0.05, 0) is 41.8 Å². The summed E-state index contributed by atoms with van der Waals surface area (Å²) in [7, 11) is 0. The second-order valence-electron chi connectivity index (χ2n) is 6.92. The number of aryl methyl sites for hydroxylation is 1. The summed E-state index contributed by atoms with van der Waals surface area (Å²) in [5, 5.41) is 0. The smallest absolute Gasteiger partial charge is 0.00194 e. The maximum atomic E-state index is 2.56. The number of likely N-dealkylation sites (tertiary alicyclic amines) is 1. The largest absolute Gasteiger partial charge is 0.303 e. The summed E-state index contributed by atoms with van der Waals surface area (Å²) < 4.78 is 0. The number of hydrogen-bond donors (Lipinski definition) is 0. The molecule has 1 fully saturated rings. The van der Waals surface area contributed by atoms with Crippen molar-refractivity contribution in [1.82, 2.24) is 4.90 Å². The predicted octanol–water partition coefficient (Wildman–Crippen LogP) is 3.87. The first kappa shape index (κ1) is 13.6. The summed E-state index contributed by atoms with van der Waals surface area (Å²) in [6.45, 7) is 13.0. The van der Waals surface area contributed by atoms with Gasteiger partial charge >= 0.3 is 0 Å². The molecule has 0 unspecified atom stereocenters. The lowest BCUT2D eigenvalue weighted by Gasteiger charge is -2.37. The zero-order chi connectivity index (χ0) is 13.2. The van der Waals surface area contributed by atoms with Crippen LogP contribution < -0.4 is 0 Å². The van der Waals surface area contributed by atoms with Crippen LogP contribution in [0.4, 0.5) is 0 Å². The lowest BCUT2D eigenvalue weighted by Crippen LogP contribution is -2.45. The van der Waals surface area contributed by atoms with Gasteiger partial charge in [-0.25, -0.2) is 0 Å². The van der Waals surface area contributed by atoms with Gasteiger partial charge in [0.05, 0.1) is 0 Å². The van der Waals surface area contributed by atoms with Gasteiger partial charge in [-0.3, -0.25) is 0 Å². The molecule has 0 radical (unpaired) electrons. The minimum Gasteiger partial charge on any atom is -0.303 e. The fourth-order valence-electron chi connectivity index (χ4n) is 2.69. The van der Waals surface area contributed by atoms with Crippen LogP contribution in [0.25, 0.3) is 0 Å². The summed E-state index contributed by atoms with van der Waals surface area (Å²) in [6, 6.07) is 9.20. The SMILES string of the molecule is CC1CN(CCCc2ccc(C(C)(C)C)cc2)C1. The summed E-state index contributed by atoms with van der Waals surface area (Å²) in [5.74, 6) is 0.927. The van der Waals surface area contributed by atoms with Gasteiger partial charge in [-0.1, -0.05) is 52.0 Å². The zero-order valence-corrected chi connectivity index (χ0v) is 12.4. The molecule has 0 N–H and O–H groups in total. The van der Waals surface area contributed by atoms with Crippen molar-refractivity contribution in [2.75, 3.05) is 19.6 Å². The Bertz CT molecular complexity index is 366. The molecule has 1 aromatic carbocycles. The molecule has 1 aliphatic heterocycles. The molecule has 0 bridgehead atoms. The Morgan fingerprint density at radius 3 is 2.22 bits per heavy atom. The van der Waals surface area contributed by atoms with Gasteiger partial charge in [0.15, 0.2) is 0 Å². The highest BCUT2D eigenvalue weighted by molar-refractivity contribution is 5.27. The molecule has 0 spiro atoms. The van der Waals surface area contributed by atoms with E-state index >= 15 is 0 Å². The van der Waals surface area contributed by atoms with Crippen LogP contribution in [0.15, 0.2) is 24.3 Å². The van der Waals surface area contributed by atoms with E-state index in [1.807, 2.05) is 0 Å². The summed E-state index contributed by atoms with van der Waals surface area (Å²) >= 11 is 0. The van der Waals surface area contributed by atoms with Crippen LogP contribution >= 0.6 is 0 Å². The monoisotopic (exact) mass is 245 g/mol. The first-order valence-electron chi connectivity index (χ1n) is 7.27. The molecule has 0 atom stereocenters. The van der Waals surface area contributed by atoms with Crippen LogP contribution in [0.5, 0.6) is 0 Å². The third kappa shape index (κ3) is 3.58. The lowest BCUT2D eigenvalue weighted by molar-refractivity contribution is 0.112. The molecule has 100 valence electrons. The molecule has 0 aromatic heterocycles. The molecular formula is C17H27N. The Morgan fingerprint density at radius 1 is 1.11 bits per heavy atom. The van der Waals surface area contributed by atoms with Crippen LogP contribution in [0.2, 0.25) is 0 Å². The van der Waals surface area contributed by atoms with Crippen LogP contribution in [0, 0.1) is 5.92 Å². The lowest BCUT2D eigenvalue weighted by atomic mass is 9.86. The number of benzene rings is 1. The van der Waals surface area contributed by atoms with E-state index in [0.717, 1.165) is 5.92 Å². The Hall–Kier alpha value is -0.820. The van der Waals surface area contributed by atoms with Crippen molar-refractivity contribution in [3.8, 4) is 0 Å². The third-order valence-corrected chi connectivity index (χ3v) is 3.90. The second-order valence-corrected chi connectivity index (χ2v) is 6.92. The standard InChI is InChI=1S/C17H27N/c1-14-12-18(13-14)11-5-6-15-7-9-16(10-8-15)17(2,3)4/h7-10,14H,5-6,11-13H2,1-4H3. The summed E-state index contributed by atoms with van der Waals surface area (Å²) in [4.78, 5) is 2.56. The normalized spacial score (nSPS) is 17.8. The van der Waals surface area contributed by atoms with Crippen LogP contribution in [0.3, 0.4) is 0 Å². The minimum absolute atomic E-state index is 0.270. The molecule has 1 nitrogen and oxygen atoms in total. The Kier molecular flexibility index (Phi) is 4.11. The van der Waals surface area contributed by atoms with Gasteiger partial charge in [0.2, 0.25) is 0 Å². The van der Waals surface area contributed by atoms with Crippen molar-refractivity contribution in [3.63, 3.8) is 0 Å². The van der Waals surface area contributed by atoms with Crippen molar-refractivity contribution in [2.24, 2.45) is 5.92 Å². The van der Waals surface area contributed by atoms with Crippen LogP contribution in [0.1, 0.15) is 45.2 Å². The average Bonchev–Trinajstić information content (AvgIpc) is 2.26. The average molecular weight is 245 g/mol. The van der Waals surface area contributed by atoms with Gasteiger partial charge in [-0.2, -0.15) is 0 Å². The Morgan fingerprint density at radius 2 is 1.72 bits per heavy atom. The maximum Gasteiger partial charge on any atom is 0.00194 e. The van der Waals surface area contributed by atoms with Crippen molar-refractivity contribution < 1.29 is 0 Å². The number of rotatable bonds is 4. The highest BCUT2D eigenvalue weighted by Crippen LogP contribution is 2.22. The van der Waals surface area contributed by atoms with Crippen molar-refractivity contribution in [2.45, 2.75) is 46.0 Å². The topological polar surface area (TPSA) is 3.24 Å². The van der Waals surface area contributed by atoms with Gasteiger partial charge < -0.3 is 4.90 Å². The number of hydrogen-bond acceptors (Lipinski definition) is 1. The highest BCUT2D eigenvalue weighted by Gasteiger charge is 2.21. The number of nitrogens with zero attached hydrogens (tertiary/aromatic N) is 1. The Labute approximate surface area is 112 Å². The Balaban J connectivity index is 1.76. The molecule has 1 saturated heterocycles. The van der Waals surface area contributed by atoms with E-state index < -0.39 is 0 Å². The molecule has 2 rings (SSSR count). The van der Waals surface area contributed by atoms with E-state index in [-0.39, 0.29) is 5.41 Å². The van der Waals surface area contributed by atoms with E-state index in [1.165, 1.54) is 43.6 Å². The van der Waals surface area contributed by atoms with E-state index in [0.29, 0.717) is 0 Å². The first-order chi connectivity index (χ1) is 8.45. The van der Waals surface area contributed by atoms with Gasteiger partial charge in [0.1, 0.15) is 0 Å². The van der Waals surface area contributed by atoms with E-state index in [4.69, 9.17) is 0 Å². The van der Waals surface area contributed by atoms with Crippen LogP contribution in [-0.4, -0.2) is 24.5 Å². The quantitative estimate of drug-likeness (QED) is 0.778. The van der Waals surface area contributed by atoms with E-state index in [1.54, 1.807) is 0 Å². The predicted molar refractivity (Wildman–Crippen MR) is 79.1 cm³/mol. The van der Waals surface area contributed by atoms with E-state index in [2.05, 4.69) is 56.9 Å². The van der Waals surface area contributed by atoms with Gasteiger partial charge in [-0.15, -0.1) is 0 Å². The fourth-order valence-corrected chi connectivity index (χ4v) is 2.69. The molecular weight excluding hydrogens is 218 g/mol. The summed E-state index contributed by atoms with van der Waals surface area (Å²) in [5.41, 5.74) is 3.19. The van der Waals surface area contributed by atoms with Crippen molar-refractivity contribution in [3.05, 3.63) is 35.4 Å². The highest BCUT2D eigenvalue weighted by atomic mass is 15.2. The molecule has 0 saturated carbocycles. The van der Waals surface area contributed by atoms with Crippen molar-refractivity contribution in [1.29, 1.82) is 0 Å². The minimum atomic E-state index is 0.270. The molecule has 1 heterocycles. The van der Waals surface area contributed by atoms with Gasteiger partial charge in [0.25, 0.3) is 0 Å². The zero-order valence-electron chi connectivity index (χ0n) is 12.4. The van der Waals surface area contributed by atoms with E-state index in [9.17, 15) is 0 Å².